The lowest BCUT2D eigenvalue weighted by Gasteiger charge is -2.44. The smallest absolute Gasteiger partial charge is 0.239 e. The van der Waals surface area contributed by atoms with Crippen LogP contribution in [0.2, 0.25) is 0 Å². The van der Waals surface area contributed by atoms with Crippen LogP contribution < -0.4 is 5.73 Å². The molecule has 2 N–H and O–H groups in total. The highest BCUT2D eigenvalue weighted by molar-refractivity contribution is 7.98. The summed E-state index contributed by atoms with van der Waals surface area (Å²) in [7, 11) is 0. The highest BCUT2D eigenvalue weighted by Gasteiger charge is 2.37. The van der Waals surface area contributed by atoms with Crippen molar-refractivity contribution in [3.8, 4) is 0 Å². The van der Waals surface area contributed by atoms with E-state index in [0.717, 1.165) is 38.1 Å². The first kappa shape index (κ1) is 14.9. The van der Waals surface area contributed by atoms with Gasteiger partial charge in [0.15, 0.2) is 0 Å². The van der Waals surface area contributed by atoms with Crippen molar-refractivity contribution in [2.24, 2.45) is 11.1 Å². The molecule has 108 valence electrons. The molecular weight excluding hydrogens is 256 g/mol. The molecule has 0 saturated carbocycles. The minimum Gasteiger partial charge on any atom is -0.341 e. The molecule has 0 radical (unpaired) electrons. The van der Waals surface area contributed by atoms with E-state index in [1.54, 1.807) is 11.8 Å². The normalized spacial score (nSPS) is 28.6. The average molecular weight is 282 g/mol. The van der Waals surface area contributed by atoms with Crippen molar-refractivity contribution in [2.45, 2.75) is 44.6 Å². The van der Waals surface area contributed by atoms with E-state index in [1.807, 2.05) is 4.90 Å². The number of rotatable bonds is 4. The predicted octanol–water partition coefficient (Wildman–Crippen LogP) is 2.42. The third kappa shape index (κ3) is 3.76. The molecule has 0 aromatic carbocycles. The van der Waals surface area contributed by atoms with Gasteiger partial charge in [-0.25, -0.2) is 0 Å². The molecule has 1 aliphatic carbocycles. The molecule has 4 heteroatoms. The van der Waals surface area contributed by atoms with Crippen molar-refractivity contribution in [3.63, 3.8) is 0 Å². The van der Waals surface area contributed by atoms with Gasteiger partial charge in [-0.05, 0) is 55.9 Å². The molecule has 1 heterocycles. The van der Waals surface area contributed by atoms with Crippen LogP contribution in [0.1, 0.15) is 38.5 Å². The Morgan fingerprint density at radius 2 is 2.32 bits per heavy atom. The summed E-state index contributed by atoms with van der Waals surface area (Å²) >= 11 is 1.76. The largest absolute Gasteiger partial charge is 0.341 e. The van der Waals surface area contributed by atoms with E-state index < -0.39 is 0 Å². The Morgan fingerprint density at radius 1 is 1.47 bits per heavy atom. The zero-order chi connectivity index (χ0) is 13.7. The van der Waals surface area contributed by atoms with Crippen molar-refractivity contribution in [3.05, 3.63) is 12.2 Å². The second kappa shape index (κ2) is 6.80. The summed E-state index contributed by atoms with van der Waals surface area (Å²) in [6.45, 7) is 1.82. The van der Waals surface area contributed by atoms with E-state index in [4.69, 9.17) is 5.73 Å². The van der Waals surface area contributed by atoms with Gasteiger partial charge in [-0.2, -0.15) is 11.8 Å². The number of carbonyl (C=O) groups is 1. The van der Waals surface area contributed by atoms with Crippen molar-refractivity contribution in [1.82, 2.24) is 4.90 Å². The average Bonchev–Trinajstić information content (AvgIpc) is 2.45. The molecule has 19 heavy (non-hydrogen) atoms. The van der Waals surface area contributed by atoms with Crippen LogP contribution in [0.4, 0.5) is 0 Å². The molecule has 1 fully saturated rings. The molecule has 1 spiro atoms. The monoisotopic (exact) mass is 282 g/mol. The van der Waals surface area contributed by atoms with Gasteiger partial charge in [0.2, 0.25) is 5.91 Å². The van der Waals surface area contributed by atoms with Crippen molar-refractivity contribution in [2.75, 3.05) is 25.1 Å². The maximum absolute atomic E-state index is 12.4. The fraction of sp³-hybridized carbons (Fsp3) is 0.800. The van der Waals surface area contributed by atoms with E-state index in [9.17, 15) is 4.79 Å². The van der Waals surface area contributed by atoms with Crippen LogP contribution in [0.5, 0.6) is 0 Å². The van der Waals surface area contributed by atoms with E-state index in [-0.39, 0.29) is 11.9 Å². The number of thioether (sulfide) groups is 1. The summed E-state index contributed by atoms with van der Waals surface area (Å²) < 4.78 is 0. The van der Waals surface area contributed by atoms with E-state index in [1.165, 1.54) is 19.3 Å². The Labute approximate surface area is 121 Å². The number of amides is 1. The second-order valence-electron chi connectivity index (χ2n) is 5.97. The first-order chi connectivity index (χ1) is 9.17. The van der Waals surface area contributed by atoms with E-state index in [0.29, 0.717) is 5.41 Å². The Kier molecular flexibility index (Phi) is 5.34. The SMILES string of the molecule is CSCC[C@H](N)C(=O)N1CCCC2(CC=CCC2)C1. The number of carbonyl (C=O) groups excluding carboxylic acids is 1. The van der Waals surface area contributed by atoms with Gasteiger partial charge in [-0.1, -0.05) is 12.2 Å². The molecule has 1 saturated heterocycles. The molecule has 1 unspecified atom stereocenters. The van der Waals surface area contributed by atoms with Crippen LogP contribution in [-0.2, 0) is 4.79 Å². The quantitative estimate of drug-likeness (QED) is 0.806. The fourth-order valence-electron chi connectivity index (χ4n) is 3.31. The fourth-order valence-corrected chi connectivity index (χ4v) is 3.80. The first-order valence-electron chi connectivity index (χ1n) is 7.35. The molecule has 1 aliphatic heterocycles. The Hall–Kier alpha value is -0.480. The lowest BCUT2D eigenvalue weighted by molar-refractivity contribution is -0.136. The van der Waals surface area contributed by atoms with Crippen LogP contribution in [-0.4, -0.2) is 41.9 Å². The van der Waals surface area contributed by atoms with Crippen LogP contribution in [0.25, 0.3) is 0 Å². The molecule has 2 aliphatic rings. The first-order valence-corrected chi connectivity index (χ1v) is 8.75. The summed E-state index contributed by atoms with van der Waals surface area (Å²) in [5.41, 5.74) is 6.38. The predicted molar refractivity (Wildman–Crippen MR) is 82.2 cm³/mol. The van der Waals surface area contributed by atoms with Gasteiger partial charge in [0.25, 0.3) is 0 Å². The lowest BCUT2D eigenvalue weighted by atomic mass is 9.71. The zero-order valence-electron chi connectivity index (χ0n) is 11.9. The minimum absolute atomic E-state index is 0.169. The summed E-state index contributed by atoms with van der Waals surface area (Å²) in [5.74, 6) is 1.14. The van der Waals surface area contributed by atoms with Gasteiger partial charge < -0.3 is 10.6 Å². The molecule has 0 bridgehead atoms. The van der Waals surface area contributed by atoms with Crippen LogP contribution in [0.15, 0.2) is 12.2 Å². The van der Waals surface area contributed by atoms with Crippen molar-refractivity contribution < 1.29 is 4.79 Å². The molecule has 1 amide bonds. The van der Waals surface area contributed by atoms with E-state index in [2.05, 4.69) is 18.4 Å². The highest BCUT2D eigenvalue weighted by atomic mass is 32.2. The van der Waals surface area contributed by atoms with Gasteiger partial charge in [-0.3, -0.25) is 4.79 Å². The minimum atomic E-state index is -0.304. The maximum Gasteiger partial charge on any atom is 0.239 e. The molecular formula is C15H26N2OS. The van der Waals surface area contributed by atoms with Gasteiger partial charge >= 0.3 is 0 Å². The third-order valence-electron chi connectivity index (χ3n) is 4.48. The number of nitrogens with two attached hydrogens (primary N) is 1. The van der Waals surface area contributed by atoms with E-state index >= 15 is 0 Å². The number of hydrogen-bond donors (Lipinski definition) is 1. The topological polar surface area (TPSA) is 46.3 Å². The van der Waals surface area contributed by atoms with Gasteiger partial charge in [0.1, 0.15) is 0 Å². The number of hydrogen-bond acceptors (Lipinski definition) is 3. The van der Waals surface area contributed by atoms with Crippen molar-refractivity contribution in [1.29, 1.82) is 0 Å². The Balaban J connectivity index is 1.93. The van der Waals surface area contributed by atoms with Gasteiger partial charge in [-0.15, -0.1) is 0 Å². The maximum atomic E-state index is 12.4. The Morgan fingerprint density at radius 3 is 3.00 bits per heavy atom. The van der Waals surface area contributed by atoms with Crippen LogP contribution >= 0.6 is 11.8 Å². The van der Waals surface area contributed by atoms with Gasteiger partial charge in [0.05, 0.1) is 6.04 Å². The number of allylic oxidation sites excluding steroid dienone is 2. The molecule has 0 aromatic heterocycles. The zero-order valence-corrected chi connectivity index (χ0v) is 12.8. The molecule has 0 aromatic rings. The number of piperidine rings is 1. The number of likely N-dealkylation sites (tertiary alicyclic amines) is 1. The highest BCUT2D eigenvalue weighted by Crippen LogP contribution is 2.40. The van der Waals surface area contributed by atoms with Crippen LogP contribution in [0, 0.1) is 5.41 Å². The van der Waals surface area contributed by atoms with Gasteiger partial charge in [0, 0.05) is 13.1 Å². The number of nitrogens with zero attached hydrogens (tertiary/aromatic N) is 1. The summed E-state index contributed by atoms with van der Waals surface area (Å²) in [4.78, 5) is 14.4. The molecule has 2 atom stereocenters. The molecule has 2 rings (SSSR count). The second-order valence-corrected chi connectivity index (χ2v) is 6.95. The lowest BCUT2D eigenvalue weighted by Crippen LogP contribution is -2.51. The summed E-state index contributed by atoms with van der Waals surface area (Å²) in [6, 6.07) is -0.304. The third-order valence-corrected chi connectivity index (χ3v) is 5.13. The summed E-state index contributed by atoms with van der Waals surface area (Å²) in [6.07, 6.45) is 13.4. The Bertz CT molecular complexity index is 345. The summed E-state index contributed by atoms with van der Waals surface area (Å²) in [5, 5.41) is 0. The van der Waals surface area contributed by atoms with Crippen LogP contribution in [0.3, 0.4) is 0 Å². The standard InChI is InChI=1S/C15H26N2OS/c1-19-11-6-13(16)14(18)17-10-5-9-15(12-17)7-3-2-4-8-15/h2-3,13H,4-12,16H2,1H3/t13-,15?/m0/s1. The van der Waals surface area contributed by atoms with Crippen molar-refractivity contribution >= 4 is 17.7 Å². The molecule has 3 nitrogen and oxygen atoms in total.